The number of rotatable bonds is 1. The van der Waals surface area contributed by atoms with Gasteiger partial charge in [0.2, 0.25) is 0 Å². The molecule has 0 heterocycles. The Morgan fingerprint density at radius 3 is 2.00 bits per heavy atom. The fraction of sp³-hybridized carbons (Fsp3) is 1.00. The summed E-state index contributed by atoms with van der Waals surface area (Å²) in [6.45, 7) is 1.43. The molecular formula is C10H17BF3K. The van der Waals surface area contributed by atoms with Gasteiger partial charge in [-0.15, -0.1) is 0 Å². The molecule has 0 N–H and O–H groups in total. The molecule has 0 saturated heterocycles. The third-order valence-corrected chi connectivity index (χ3v) is 4.90. The molecule has 0 aliphatic heterocycles. The van der Waals surface area contributed by atoms with Gasteiger partial charge in [-0.1, -0.05) is 38.9 Å². The maximum Gasteiger partial charge on any atom is 1.00 e. The zero-order chi connectivity index (χ0) is 10.7. The molecule has 4 unspecified atom stereocenters. The van der Waals surface area contributed by atoms with Gasteiger partial charge in [0.1, 0.15) is 0 Å². The number of hydrogen-bond acceptors (Lipinski definition) is 0. The van der Waals surface area contributed by atoms with Crippen LogP contribution in [0.2, 0.25) is 5.82 Å². The van der Waals surface area contributed by atoms with Gasteiger partial charge in [0.15, 0.2) is 0 Å². The van der Waals surface area contributed by atoms with E-state index < -0.39 is 12.8 Å². The summed E-state index contributed by atoms with van der Waals surface area (Å²) >= 11 is 0. The van der Waals surface area contributed by atoms with Crippen LogP contribution >= 0.6 is 0 Å². The third kappa shape index (κ3) is 2.24. The van der Waals surface area contributed by atoms with Gasteiger partial charge in [0.05, 0.1) is 0 Å². The Hall–Kier alpha value is 1.49. The van der Waals surface area contributed by atoms with E-state index in [1.165, 1.54) is 0 Å². The molecule has 0 aromatic rings. The molecular weight excluding hydrogens is 227 g/mol. The van der Waals surface area contributed by atoms with E-state index in [9.17, 15) is 12.9 Å². The molecule has 0 aromatic carbocycles. The van der Waals surface area contributed by atoms with Crippen LogP contribution in [-0.2, 0) is 0 Å². The summed E-state index contributed by atoms with van der Waals surface area (Å²) in [7, 11) is 0. The first-order chi connectivity index (χ1) is 6.24. The molecule has 0 nitrogen and oxygen atoms in total. The van der Waals surface area contributed by atoms with Crippen molar-refractivity contribution >= 4 is 6.98 Å². The number of halogens is 3. The molecule has 3 fully saturated rings. The van der Waals surface area contributed by atoms with Crippen LogP contribution in [0.15, 0.2) is 0 Å². The third-order valence-electron chi connectivity index (χ3n) is 4.90. The Morgan fingerprint density at radius 2 is 1.67 bits per heavy atom. The van der Waals surface area contributed by atoms with Gasteiger partial charge >= 0.3 is 58.4 Å². The molecule has 0 aromatic heterocycles. The smallest absolute Gasteiger partial charge is 0.449 e. The topological polar surface area (TPSA) is 0 Å². The van der Waals surface area contributed by atoms with Crippen LogP contribution in [0.25, 0.3) is 0 Å². The standard InChI is InChI=1S/C10H17BF3.K/c1-6-8-4-7(10(8,2)3)5-9(6)11(12,13)14;/h6-9H,4-5H2,1-3H3;/q-1;+1. The molecule has 3 aliphatic carbocycles. The molecule has 0 spiro atoms. The van der Waals surface area contributed by atoms with E-state index in [4.69, 9.17) is 0 Å². The molecule has 3 aliphatic rings. The second kappa shape index (κ2) is 4.30. The summed E-state index contributed by atoms with van der Waals surface area (Å²) in [5.41, 5.74) is 0.164. The van der Waals surface area contributed by atoms with Gasteiger partial charge in [-0.3, -0.25) is 0 Å². The van der Waals surface area contributed by atoms with Crippen molar-refractivity contribution in [1.82, 2.24) is 0 Å². The normalized spacial score (nSPS) is 42.8. The van der Waals surface area contributed by atoms with E-state index in [-0.39, 0.29) is 62.7 Å². The van der Waals surface area contributed by atoms with E-state index >= 15 is 0 Å². The van der Waals surface area contributed by atoms with E-state index in [2.05, 4.69) is 13.8 Å². The van der Waals surface area contributed by atoms with E-state index in [1.807, 2.05) is 0 Å². The summed E-state index contributed by atoms with van der Waals surface area (Å²) in [4.78, 5) is 0. The van der Waals surface area contributed by atoms with Crippen molar-refractivity contribution in [3.05, 3.63) is 0 Å². The van der Waals surface area contributed by atoms with Crippen LogP contribution in [0.4, 0.5) is 12.9 Å². The second-order valence-electron chi connectivity index (χ2n) is 5.74. The van der Waals surface area contributed by atoms with Crippen molar-refractivity contribution in [3.8, 4) is 0 Å². The minimum absolute atomic E-state index is 0. The molecule has 2 bridgehead atoms. The fourth-order valence-electron chi connectivity index (χ4n) is 3.69. The summed E-state index contributed by atoms with van der Waals surface area (Å²) < 4.78 is 38.1. The van der Waals surface area contributed by atoms with Crippen LogP contribution in [0.1, 0.15) is 33.6 Å². The Labute approximate surface area is 132 Å². The second-order valence-corrected chi connectivity index (χ2v) is 5.74. The van der Waals surface area contributed by atoms with Crippen LogP contribution in [0.3, 0.4) is 0 Å². The fourth-order valence-corrected chi connectivity index (χ4v) is 3.69. The van der Waals surface area contributed by atoms with Gasteiger partial charge in [-0.2, -0.15) is 0 Å². The molecule has 82 valence electrons. The van der Waals surface area contributed by atoms with Gasteiger partial charge in [0.25, 0.3) is 0 Å². The Balaban J connectivity index is 0.00000112. The summed E-state index contributed by atoms with van der Waals surface area (Å²) in [6, 6.07) is 0. The monoisotopic (exact) mass is 244 g/mol. The van der Waals surface area contributed by atoms with E-state index in [1.54, 1.807) is 6.92 Å². The minimum Gasteiger partial charge on any atom is -0.449 e. The first kappa shape index (κ1) is 14.6. The Morgan fingerprint density at radius 1 is 1.13 bits per heavy atom. The van der Waals surface area contributed by atoms with Crippen LogP contribution in [0, 0.1) is 23.2 Å². The first-order valence-electron chi connectivity index (χ1n) is 5.44. The van der Waals surface area contributed by atoms with Crippen LogP contribution in [0.5, 0.6) is 0 Å². The maximum atomic E-state index is 12.7. The van der Waals surface area contributed by atoms with Crippen molar-refractivity contribution in [2.24, 2.45) is 23.2 Å². The van der Waals surface area contributed by atoms with Crippen molar-refractivity contribution < 1.29 is 64.3 Å². The van der Waals surface area contributed by atoms with E-state index in [0.717, 1.165) is 6.42 Å². The molecule has 3 saturated carbocycles. The largest absolute Gasteiger partial charge is 1.00 e. The van der Waals surface area contributed by atoms with Crippen molar-refractivity contribution in [3.63, 3.8) is 0 Å². The van der Waals surface area contributed by atoms with Crippen LogP contribution in [-0.4, -0.2) is 6.98 Å². The molecule has 3 rings (SSSR count). The summed E-state index contributed by atoms with van der Waals surface area (Å²) in [5.74, 6) is -0.520. The van der Waals surface area contributed by atoms with E-state index in [0.29, 0.717) is 18.3 Å². The number of hydrogen-bond donors (Lipinski definition) is 0. The van der Waals surface area contributed by atoms with Crippen molar-refractivity contribution in [2.75, 3.05) is 0 Å². The predicted molar refractivity (Wildman–Crippen MR) is 52.0 cm³/mol. The number of fused-ring (bicyclic) bond motifs is 2. The zero-order valence-electron chi connectivity index (χ0n) is 9.93. The summed E-state index contributed by atoms with van der Waals surface area (Å²) in [6.07, 6.45) is 1.41. The van der Waals surface area contributed by atoms with Crippen LogP contribution < -0.4 is 51.4 Å². The predicted octanol–water partition coefficient (Wildman–Crippen LogP) is 0.910. The van der Waals surface area contributed by atoms with Crippen molar-refractivity contribution in [2.45, 2.75) is 39.4 Å². The molecule has 15 heavy (non-hydrogen) atoms. The molecule has 0 radical (unpaired) electrons. The first-order valence-corrected chi connectivity index (χ1v) is 5.44. The Bertz CT molecular complexity index is 252. The minimum atomic E-state index is -4.62. The zero-order valence-corrected chi connectivity index (χ0v) is 13.1. The van der Waals surface area contributed by atoms with Gasteiger partial charge in [-0.05, 0) is 23.7 Å². The SMILES string of the molecule is CC1C([B-](F)(F)F)CC2CC1C2(C)C.[K+]. The summed E-state index contributed by atoms with van der Waals surface area (Å²) in [5, 5.41) is 0. The maximum absolute atomic E-state index is 12.7. The molecule has 5 heteroatoms. The molecule has 4 atom stereocenters. The van der Waals surface area contributed by atoms with Gasteiger partial charge < -0.3 is 12.9 Å². The average molecular weight is 244 g/mol. The average Bonchev–Trinajstić information content (AvgIpc) is 2.01. The molecule has 0 amide bonds. The van der Waals surface area contributed by atoms with Gasteiger partial charge in [-0.25, -0.2) is 0 Å². The Kier molecular flexibility index (Phi) is 4.18. The van der Waals surface area contributed by atoms with Gasteiger partial charge in [0, 0.05) is 0 Å². The quantitative estimate of drug-likeness (QED) is 0.601. The van der Waals surface area contributed by atoms with Crippen molar-refractivity contribution in [1.29, 1.82) is 0 Å².